The average molecular weight is 370 g/mol. The van der Waals surface area contributed by atoms with Gasteiger partial charge in [0, 0.05) is 17.3 Å². The topological polar surface area (TPSA) is 22.1 Å². The zero-order valence-corrected chi connectivity index (χ0v) is 16.2. The molecule has 4 rings (SSSR count). The van der Waals surface area contributed by atoms with Crippen molar-refractivity contribution in [2.75, 3.05) is 0 Å². The van der Waals surface area contributed by atoms with E-state index in [1.165, 1.54) is 75.3 Å². The van der Waals surface area contributed by atoms with Gasteiger partial charge in [0.15, 0.2) is 0 Å². The number of benzene rings is 1. The van der Waals surface area contributed by atoms with Crippen LogP contribution in [0.4, 0.5) is 0 Å². The molecule has 2 nitrogen and oxygen atoms in total. The van der Waals surface area contributed by atoms with Gasteiger partial charge in [0.2, 0.25) is 5.88 Å². The van der Waals surface area contributed by atoms with E-state index in [2.05, 4.69) is 17.1 Å². The van der Waals surface area contributed by atoms with Crippen molar-refractivity contribution in [1.82, 2.24) is 4.98 Å². The highest BCUT2D eigenvalue weighted by atomic mass is 35.5. The minimum Gasteiger partial charge on any atom is -0.439 e. The van der Waals surface area contributed by atoms with Crippen LogP contribution in [0.15, 0.2) is 36.5 Å². The first-order chi connectivity index (χ1) is 12.8. The zero-order valence-electron chi connectivity index (χ0n) is 15.4. The van der Waals surface area contributed by atoms with E-state index in [1.807, 2.05) is 24.4 Å². The molecule has 0 unspecified atom stereocenters. The molecule has 1 aromatic carbocycles. The van der Waals surface area contributed by atoms with Crippen molar-refractivity contribution in [3.05, 3.63) is 52.7 Å². The van der Waals surface area contributed by atoms with Crippen LogP contribution in [0.3, 0.4) is 0 Å². The van der Waals surface area contributed by atoms with Crippen LogP contribution >= 0.6 is 11.6 Å². The van der Waals surface area contributed by atoms with Crippen LogP contribution in [0, 0.1) is 0 Å². The molecule has 0 aliphatic heterocycles. The molecule has 3 heteroatoms. The van der Waals surface area contributed by atoms with Crippen LogP contribution in [0.1, 0.15) is 87.2 Å². The highest BCUT2D eigenvalue weighted by Gasteiger charge is 2.21. The van der Waals surface area contributed by atoms with Gasteiger partial charge in [0.05, 0.1) is 0 Å². The summed E-state index contributed by atoms with van der Waals surface area (Å²) in [6.07, 6.45) is 15.1. The Kier molecular flexibility index (Phi) is 5.79. The molecule has 2 aliphatic carbocycles. The SMILES string of the molecule is Clc1ccc(Oc2ccc(C3CCCCC3)cn2)c(C2CCCCC2)c1. The van der Waals surface area contributed by atoms with E-state index >= 15 is 0 Å². The quantitative estimate of drug-likeness (QED) is 0.552. The van der Waals surface area contributed by atoms with E-state index in [4.69, 9.17) is 16.3 Å². The first-order valence-corrected chi connectivity index (χ1v) is 10.6. The van der Waals surface area contributed by atoms with E-state index in [9.17, 15) is 0 Å². The third kappa shape index (κ3) is 4.23. The van der Waals surface area contributed by atoms with Crippen molar-refractivity contribution in [3.8, 4) is 11.6 Å². The van der Waals surface area contributed by atoms with Crippen molar-refractivity contribution >= 4 is 11.6 Å². The third-order valence-electron chi connectivity index (χ3n) is 6.07. The van der Waals surface area contributed by atoms with Crippen LogP contribution < -0.4 is 4.74 Å². The van der Waals surface area contributed by atoms with Crippen molar-refractivity contribution in [1.29, 1.82) is 0 Å². The molecule has 0 bridgehead atoms. The number of hydrogen-bond acceptors (Lipinski definition) is 2. The second kappa shape index (κ2) is 8.43. The predicted molar refractivity (Wildman–Crippen MR) is 107 cm³/mol. The summed E-state index contributed by atoms with van der Waals surface area (Å²) in [7, 11) is 0. The van der Waals surface area contributed by atoms with Gasteiger partial charge >= 0.3 is 0 Å². The van der Waals surface area contributed by atoms with Crippen LogP contribution in [0.25, 0.3) is 0 Å². The van der Waals surface area contributed by atoms with Crippen LogP contribution in [-0.4, -0.2) is 4.98 Å². The van der Waals surface area contributed by atoms with Gasteiger partial charge in [0.25, 0.3) is 0 Å². The molecule has 2 saturated carbocycles. The molecule has 1 aromatic heterocycles. The predicted octanol–water partition coefficient (Wildman–Crippen LogP) is 7.62. The summed E-state index contributed by atoms with van der Waals surface area (Å²) in [5.74, 6) is 2.83. The maximum absolute atomic E-state index is 6.27. The minimum atomic E-state index is 0.555. The first-order valence-electron chi connectivity index (χ1n) is 10.2. The van der Waals surface area contributed by atoms with Crippen LogP contribution in [0.2, 0.25) is 5.02 Å². The standard InChI is InChI=1S/C23H28ClNO/c24-20-12-13-22(21(15-20)18-9-5-2-6-10-18)26-23-14-11-19(16-25-23)17-7-3-1-4-8-17/h11-18H,1-10H2. The Balaban J connectivity index is 1.51. The number of nitrogens with zero attached hydrogens (tertiary/aromatic N) is 1. The summed E-state index contributed by atoms with van der Waals surface area (Å²) in [5, 5.41) is 0.790. The highest BCUT2D eigenvalue weighted by Crippen LogP contribution is 2.40. The van der Waals surface area contributed by atoms with E-state index in [0.717, 1.165) is 10.8 Å². The summed E-state index contributed by atoms with van der Waals surface area (Å²) >= 11 is 6.27. The number of aromatic nitrogens is 1. The molecule has 2 aromatic rings. The van der Waals surface area contributed by atoms with Gasteiger partial charge in [-0.05, 0) is 66.8 Å². The molecule has 0 saturated heterocycles. The Morgan fingerprint density at radius 1 is 0.808 bits per heavy atom. The lowest BCUT2D eigenvalue weighted by Crippen LogP contribution is -2.07. The summed E-state index contributed by atoms with van der Waals surface area (Å²) in [6.45, 7) is 0. The van der Waals surface area contributed by atoms with Crippen molar-refractivity contribution in [3.63, 3.8) is 0 Å². The van der Waals surface area contributed by atoms with E-state index in [0.29, 0.717) is 17.7 Å². The van der Waals surface area contributed by atoms with Crippen molar-refractivity contribution < 1.29 is 4.74 Å². The molecule has 138 valence electrons. The largest absolute Gasteiger partial charge is 0.439 e. The first kappa shape index (κ1) is 17.9. The monoisotopic (exact) mass is 369 g/mol. The number of rotatable bonds is 4. The number of halogens is 1. The number of hydrogen-bond donors (Lipinski definition) is 0. The van der Waals surface area contributed by atoms with Gasteiger partial charge in [-0.1, -0.05) is 56.2 Å². The molecule has 0 atom stereocenters. The van der Waals surface area contributed by atoms with Gasteiger partial charge in [-0.15, -0.1) is 0 Å². The molecule has 1 heterocycles. The normalized spacial score (nSPS) is 19.4. The number of pyridine rings is 1. The van der Waals surface area contributed by atoms with Gasteiger partial charge < -0.3 is 4.74 Å². The fourth-order valence-electron chi connectivity index (χ4n) is 4.59. The van der Waals surface area contributed by atoms with Gasteiger partial charge in [-0.25, -0.2) is 4.98 Å². The fourth-order valence-corrected chi connectivity index (χ4v) is 4.77. The summed E-state index contributed by atoms with van der Waals surface area (Å²) < 4.78 is 6.19. The second-order valence-corrected chi connectivity index (χ2v) is 8.32. The minimum absolute atomic E-state index is 0.555. The van der Waals surface area contributed by atoms with Crippen LogP contribution in [0.5, 0.6) is 11.6 Å². The molecular formula is C23H28ClNO. The lowest BCUT2D eigenvalue weighted by Gasteiger charge is -2.24. The molecule has 2 fully saturated rings. The summed E-state index contributed by atoms with van der Waals surface area (Å²) in [4.78, 5) is 4.60. The van der Waals surface area contributed by atoms with Crippen molar-refractivity contribution in [2.24, 2.45) is 0 Å². The fraction of sp³-hybridized carbons (Fsp3) is 0.522. The summed E-state index contributed by atoms with van der Waals surface area (Å²) in [6, 6.07) is 10.2. The Labute approximate surface area is 161 Å². The Hall–Kier alpha value is -1.54. The smallest absolute Gasteiger partial charge is 0.219 e. The lowest BCUT2D eigenvalue weighted by molar-refractivity contribution is 0.411. The Bertz CT molecular complexity index is 715. The van der Waals surface area contributed by atoms with E-state index < -0.39 is 0 Å². The molecule has 0 radical (unpaired) electrons. The maximum Gasteiger partial charge on any atom is 0.219 e. The lowest BCUT2D eigenvalue weighted by atomic mass is 9.84. The highest BCUT2D eigenvalue weighted by molar-refractivity contribution is 6.30. The molecular weight excluding hydrogens is 342 g/mol. The molecule has 26 heavy (non-hydrogen) atoms. The van der Waals surface area contributed by atoms with Crippen molar-refractivity contribution in [2.45, 2.75) is 76.0 Å². The van der Waals surface area contributed by atoms with E-state index in [1.54, 1.807) is 0 Å². The van der Waals surface area contributed by atoms with Gasteiger partial charge in [-0.2, -0.15) is 0 Å². The van der Waals surface area contributed by atoms with Gasteiger partial charge in [0.1, 0.15) is 5.75 Å². The number of ether oxygens (including phenoxy) is 1. The zero-order chi connectivity index (χ0) is 17.8. The van der Waals surface area contributed by atoms with Crippen LogP contribution in [-0.2, 0) is 0 Å². The molecule has 2 aliphatic rings. The molecule has 0 spiro atoms. The Morgan fingerprint density at radius 2 is 1.50 bits per heavy atom. The van der Waals surface area contributed by atoms with Gasteiger partial charge in [-0.3, -0.25) is 0 Å². The molecule has 0 amide bonds. The second-order valence-electron chi connectivity index (χ2n) is 7.88. The van der Waals surface area contributed by atoms with E-state index in [-0.39, 0.29) is 0 Å². The maximum atomic E-state index is 6.27. The average Bonchev–Trinajstić information content (AvgIpc) is 2.71. The Morgan fingerprint density at radius 3 is 2.15 bits per heavy atom. The third-order valence-corrected chi connectivity index (χ3v) is 6.30. The summed E-state index contributed by atoms with van der Waals surface area (Å²) in [5.41, 5.74) is 2.61. The molecule has 0 N–H and O–H groups in total.